The van der Waals surface area contributed by atoms with E-state index >= 15 is 0 Å². The van der Waals surface area contributed by atoms with E-state index < -0.39 is 17.6 Å². The van der Waals surface area contributed by atoms with Gasteiger partial charge in [-0.3, -0.25) is 10.1 Å². The van der Waals surface area contributed by atoms with Gasteiger partial charge in [-0.05, 0) is 77.3 Å². The van der Waals surface area contributed by atoms with Crippen LogP contribution >= 0.6 is 50.7 Å². The van der Waals surface area contributed by atoms with Gasteiger partial charge in [0.15, 0.2) is 5.11 Å². The van der Waals surface area contributed by atoms with Crippen molar-refractivity contribution in [2.45, 2.75) is 6.18 Å². The lowest BCUT2D eigenvalue weighted by molar-refractivity contribution is -0.136. The lowest BCUT2D eigenvalue weighted by Crippen LogP contribution is -2.34. The molecule has 0 saturated heterocycles. The van der Waals surface area contributed by atoms with E-state index in [-0.39, 0.29) is 10.8 Å². The molecule has 2 rings (SSSR count). The lowest BCUT2D eigenvalue weighted by atomic mass is 10.1. The van der Waals surface area contributed by atoms with Gasteiger partial charge in [-0.15, -0.1) is 0 Å². The predicted molar refractivity (Wildman–Crippen MR) is 102 cm³/mol. The van der Waals surface area contributed by atoms with Crippen molar-refractivity contribution in [3.63, 3.8) is 0 Å². The zero-order chi connectivity index (χ0) is 17.9. The van der Waals surface area contributed by atoms with Crippen molar-refractivity contribution in [2.24, 2.45) is 0 Å². The first-order chi connectivity index (χ1) is 11.2. The Bertz CT molecular complexity index is 781. The van der Waals surface area contributed by atoms with Crippen LogP contribution in [0.2, 0.25) is 0 Å². The van der Waals surface area contributed by atoms with Crippen molar-refractivity contribution in [1.29, 1.82) is 0 Å². The van der Waals surface area contributed by atoms with Crippen LogP contribution < -0.4 is 10.6 Å². The Hall–Kier alpha value is -1.20. The third-order valence-electron chi connectivity index (χ3n) is 2.87. The van der Waals surface area contributed by atoms with Crippen molar-refractivity contribution in [3.05, 3.63) is 61.6 Å². The molecular weight excluding hydrogens is 520 g/mol. The zero-order valence-corrected chi connectivity index (χ0v) is 16.3. The van der Waals surface area contributed by atoms with Crippen molar-refractivity contribution >= 4 is 67.4 Å². The predicted octanol–water partition coefficient (Wildman–Crippen LogP) is 5.20. The molecule has 0 aliphatic rings. The summed E-state index contributed by atoms with van der Waals surface area (Å²) in [5, 5.41) is 4.56. The highest BCUT2D eigenvalue weighted by Gasteiger charge is 2.34. The van der Waals surface area contributed by atoms with Crippen LogP contribution in [0.5, 0.6) is 0 Å². The molecule has 9 heteroatoms. The molecule has 3 nitrogen and oxygen atoms in total. The minimum Gasteiger partial charge on any atom is -0.332 e. The lowest BCUT2D eigenvalue weighted by Gasteiger charge is -2.16. The van der Waals surface area contributed by atoms with Crippen LogP contribution in [-0.4, -0.2) is 11.0 Å². The number of halogens is 5. The van der Waals surface area contributed by atoms with E-state index in [1.54, 1.807) is 46.9 Å². The number of thiocarbonyl (C=S) groups is 1. The zero-order valence-electron chi connectivity index (χ0n) is 11.7. The fraction of sp³-hybridized carbons (Fsp3) is 0.0667. The van der Waals surface area contributed by atoms with Gasteiger partial charge >= 0.3 is 6.18 Å². The molecule has 0 unspecified atom stereocenters. The van der Waals surface area contributed by atoms with E-state index in [4.69, 9.17) is 12.2 Å². The molecule has 0 aliphatic carbocycles. The fourth-order valence-corrected chi connectivity index (χ4v) is 2.75. The van der Waals surface area contributed by atoms with Crippen LogP contribution in [0.1, 0.15) is 15.9 Å². The van der Waals surface area contributed by atoms with Crippen molar-refractivity contribution in [1.82, 2.24) is 5.32 Å². The molecule has 2 N–H and O–H groups in total. The summed E-state index contributed by atoms with van der Waals surface area (Å²) in [7, 11) is 0. The average Bonchev–Trinajstić information content (AvgIpc) is 2.48. The Labute approximate surface area is 163 Å². The van der Waals surface area contributed by atoms with E-state index in [1.165, 1.54) is 12.1 Å². The Morgan fingerprint density at radius 1 is 1.12 bits per heavy atom. The number of hydrogen-bond donors (Lipinski definition) is 2. The largest absolute Gasteiger partial charge is 0.418 e. The minimum absolute atomic E-state index is 0.213. The number of amides is 1. The number of alkyl halides is 3. The van der Waals surface area contributed by atoms with Gasteiger partial charge in [-0.25, -0.2) is 0 Å². The SMILES string of the molecule is O=C(NC(=S)Nc1ccc(I)cc1C(F)(F)F)c1ccc(Br)cc1. The van der Waals surface area contributed by atoms with Crippen LogP contribution in [0.15, 0.2) is 46.9 Å². The van der Waals surface area contributed by atoms with Gasteiger partial charge in [0.2, 0.25) is 0 Å². The van der Waals surface area contributed by atoms with Crippen LogP contribution in [-0.2, 0) is 6.18 Å². The molecule has 0 radical (unpaired) electrons. The van der Waals surface area contributed by atoms with Crippen molar-refractivity contribution in [3.8, 4) is 0 Å². The van der Waals surface area contributed by atoms with Gasteiger partial charge < -0.3 is 5.32 Å². The molecule has 1 amide bonds. The number of benzene rings is 2. The van der Waals surface area contributed by atoms with Gasteiger partial charge in [-0.1, -0.05) is 15.9 Å². The van der Waals surface area contributed by atoms with Crippen LogP contribution in [0.3, 0.4) is 0 Å². The topological polar surface area (TPSA) is 41.1 Å². The average molecular weight is 529 g/mol. The maximum absolute atomic E-state index is 13.1. The number of nitrogens with one attached hydrogen (secondary N) is 2. The van der Waals surface area contributed by atoms with Crippen molar-refractivity contribution in [2.75, 3.05) is 5.32 Å². The Morgan fingerprint density at radius 2 is 1.75 bits per heavy atom. The molecule has 126 valence electrons. The highest BCUT2D eigenvalue weighted by Crippen LogP contribution is 2.35. The molecule has 0 fully saturated rings. The van der Waals surface area contributed by atoms with Crippen molar-refractivity contribution < 1.29 is 18.0 Å². The summed E-state index contributed by atoms with van der Waals surface area (Å²) in [5.41, 5.74) is -0.736. The third kappa shape index (κ3) is 5.15. The number of rotatable bonds is 2. The molecule has 0 aliphatic heterocycles. The molecule has 0 atom stereocenters. The quantitative estimate of drug-likeness (QED) is 0.416. The standard InChI is InChI=1S/C15H9BrF3IN2OS/c16-9-3-1-8(2-4-9)13(23)22-14(24)21-12-6-5-10(20)7-11(12)15(17,18)19/h1-7H,(H2,21,22,23,24). The van der Waals surface area contributed by atoms with Crippen LogP contribution in [0.25, 0.3) is 0 Å². The number of anilines is 1. The molecule has 2 aromatic rings. The number of carbonyl (C=O) groups excluding carboxylic acids is 1. The fourth-order valence-electron chi connectivity index (χ4n) is 1.79. The Kier molecular flexibility index (Phi) is 6.21. The summed E-state index contributed by atoms with van der Waals surface area (Å²) >= 11 is 9.97. The molecule has 0 heterocycles. The molecule has 0 bridgehead atoms. The van der Waals surface area contributed by atoms with E-state index in [2.05, 4.69) is 26.6 Å². The maximum Gasteiger partial charge on any atom is 0.418 e. The third-order valence-corrected chi connectivity index (χ3v) is 4.27. The van der Waals surface area contributed by atoms with Gasteiger partial charge in [0.25, 0.3) is 5.91 Å². The molecule has 0 aromatic heterocycles. The van der Waals surface area contributed by atoms with Crippen LogP contribution in [0.4, 0.5) is 18.9 Å². The van der Waals surface area contributed by atoms with E-state index in [1.807, 2.05) is 0 Å². The first-order valence-electron chi connectivity index (χ1n) is 6.41. The summed E-state index contributed by atoms with van der Waals surface area (Å²) in [6.45, 7) is 0. The summed E-state index contributed by atoms with van der Waals surface area (Å²) in [5.74, 6) is -0.515. The number of carbonyl (C=O) groups is 1. The van der Waals surface area contributed by atoms with Gasteiger partial charge in [0.05, 0.1) is 11.3 Å². The molecule has 0 saturated carbocycles. The monoisotopic (exact) mass is 528 g/mol. The Balaban J connectivity index is 2.13. The number of hydrogen-bond acceptors (Lipinski definition) is 2. The van der Waals surface area contributed by atoms with Gasteiger partial charge in [-0.2, -0.15) is 13.2 Å². The molecular formula is C15H9BrF3IN2OS. The molecule has 0 spiro atoms. The highest BCUT2D eigenvalue weighted by atomic mass is 127. The second kappa shape index (κ2) is 7.79. The Morgan fingerprint density at radius 3 is 2.33 bits per heavy atom. The summed E-state index contributed by atoms with van der Waals surface area (Å²) < 4.78 is 40.4. The normalized spacial score (nSPS) is 11.0. The van der Waals surface area contributed by atoms with E-state index in [9.17, 15) is 18.0 Å². The van der Waals surface area contributed by atoms with E-state index in [0.717, 1.165) is 10.5 Å². The summed E-state index contributed by atoms with van der Waals surface area (Å²) in [4.78, 5) is 12.0. The second-order valence-corrected chi connectivity index (χ2v) is 7.17. The van der Waals surface area contributed by atoms with Gasteiger partial charge in [0, 0.05) is 13.6 Å². The maximum atomic E-state index is 13.1. The van der Waals surface area contributed by atoms with Gasteiger partial charge in [0.1, 0.15) is 0 Å². The molecule has 24 heavy (non-hydrogen) atoms. The second-order valence-electron chi connectivity index (χ2n) is 4.60. The first kappa shape index (κ1) is 19.1. The smallest absolute Gasteiger partial charge is 0.332 e. The van der Waals surface area contributed by atoms with Crippen LogP contribution in [0, 0.1) is 3.57 Å². The summed E-state index contributed by atoms with van der Waals surface area (Å²) in [6, 6.07) is 10.3. The highest BCUT2D eigenvalue weighted by molar-refractivity contribution is 14.1. The van der Waals surface area contributed by atoms with E-state index in [0.29, 0.717) is 9.13 Å². The molecule has 2 aromatic carbocycles. The minimum atomic E-state index is -4.53. The first-order valence-corrected chi connectivity index (χ1v) is 8.69. The summed E-state index contributed by atoms with van der Waals surface area (Å²) in [6.07, 6.45) is -4.53.